The third-order valence-electron chi connectivity index (χ3n) is 5.39. The van der Waals surface area contributed by atoms with Gasteiger partial charge in [-0.1, -0.05) is 105 Å². The fraction of sp³-hybridized carbons (Fsp3) is 0.857. The van der Waals surface area contributed by atoms with Gasteiger partial charge in [-0.3, -0.25) is 14.1 Å². The van der Waals surface area contributed by atoms with Crippen molar-refractivity contribution in [1.82, 2.24) is 0 Å². The summed E-state index contributed by atoms with van der Waals surface area (Å²) in [7, 11) is -4.73. The fourth-order valence-electron chi connectivity index (χ4n) is 3.15. The van der Waals surface area contributed by atoms with E-state index in [4.69, 9.17) is 9.47 Å². The van der Waals surface area contributed by atoms with Crippen LogP contribution in [0.15, 0.2) is 0 Å². The predicted molar refractivity (Wildman–Crippen MR) is 148 cm³/mol. The molecule has 0 aliphatic carbocycles. The fourth-order valence-corrected chi connectivity index (χ4v) is 3.80. The van der Waals surface area contributed by atoms with Gasteiger partial charge in [0.15, 0.2) is 5.25 Å². The van der Waals surface area contributed by atoms with Gasteiger partial charge in [0.2, 0.25) is 0 Å². The maximum Gasteiger partial charge on any atom is 1.00 e. The van der Waals surface area contributed by atoms with Crippen LogP contribution in [0, 0.1) is 0 Å². The van der Waals surface area contributed by atoms with Crippen LogP contribution in [-0.2, 0) is 38.8 Å². The third kappa shape index (κ3) is 41.9. The van der Waals surface area contributed by atoms with Crippen LogP contribution in [-0.4, -0.2) is 55.3 Å². The van der Waals surface area contributed by atoms with E-state index in [1.807, 2.05) is 0 Å². The third-order valence-corrected chi connectivity index (χ3v) is 6.46. The monoisotopic (exact) mass is 642 g/mol. The van der Waals surface area contributed by atoms with Gasteiger partial charge in [-0.25, -0.2) is 0 Å². The van der Waals surface area contributed by atoms with Crippen LogP contribution < -0.4 is 69.3 Å². The second kappa shape index (κ2) is 37.0. The zero-order chi connectivity index (χ0) is 31.2. The Morgan fingerprint density at radius 2 is 0.976 bits per heavy atom. The van der Waals surface area contributed by atoms with Gasteiger partial charge in [0.25, 0.3) is 10.1 Å². The molecular formula is C28H52Na2O11S. The van der Waals surface area contributed by atoms with E-state index in [1.165, 1.54) is 6.42 Å². The van der Waals surface area contributed by atoms with E-state index in [0.717, 1.165) is 57.8 Å². The molecule has 0 radical (unpaired) electrons. The Hall–Kier alpha value is -0.210. The summed E-state index contributed by atoms with van der Waals surface area (Å²) in [6.45, 7) is 8.10. The predicted octanol–water partition coefficient (Wildman–Crippen LogP) is -2.48. The molecule has 0 fully saturated rings. The summed E-state index contributed by atoms with van der Waals surface area (Å²) in [6, 6.07) is 0. The number of carbonyl (C=O) groups is 4. The minimum Gasteiger partial charge on any atom is -0.550 e. The van der Waals surface area contributed by atoms with Gasteiger partial charge in [0, 0.05) is 11.9 Å². The minimum atomic E-state index is -4.73. The second-order valence-electron chi connectivity index (χ2n) is 9.38. The Morgan fingerprint density at radius 1 is 0.619 bits per heavy atom. The Bertz CT molecular complexity index is 747. The number of carboxylic acid groups (broad SMARTS) is 2. The number of carbonyl (C=O) groups excluding carboxylic acids is 4. The van der Waals surface area contributed by atoms with E-state index >= 15 is 0 Å². The van der Waals surface area contributed by atoms with Crippen molar-refractivity contribution in [3.63, 3.8) is 0 Å². The quantitative estimate of drug-likeness (QED) is 0.0570. The number of carboxylic acids is 2. The molecule has 11 nitrogen and oxygen atoms in total. The summed E-state index contributed by atoms with van der Waals surface area (Å²) in [6.07, 6.45) is 13.0. The normalized spacial score (nSPS) is 10.7. The Morgan fingerprint density at radius 3 is 1.29 bits per heavy atom. The maximum absolute atomic E-state index is 12.0. The maximum atomic E-state index is 12.0. The first-order chi connectivity index (χ1) is 18.9. The minimum absolute atomic E-state index is 0. The molecule has 0 saturated heterocycles. The van der Waals surface area contributed by atoms with Crippen molar-refractivity contribution in [2.75, 3.05) is 13.2 Å². The standard InChI is InChI=1S/C20H38O7S.2C4H8O2.2Na/c1-3-5-7-9-11-13-15-26-19(21)17-18(28(23,24)25)20(22)27-16-14-12-10-8-6-4-2;2*1-2-3-4(5)6;;/h18H,3-17H2,1-2H3,(H,23,24,25);2*2-3H2,1H3,(H,5,6);;/q;;;2*+1/p-2. The SMILES string of the molecule is CCCC(=O)[O-].CCCC(=O)[O-].CCCCCCCCOC(=O)CC(C(=O)OCCCCCCCC)S(=O)(=O)O.[Na+].[Na+]. The van der Waals surface area contributed by atoms with E-state index in [1.54, 1.807) is 13.8 Å². The molecule has 238 valence electrons. The van der Waals surface area contributed by atoms with Gasteiger partial charge in [0.05, 0.1) is 19.6 Å². The van der Waals surface area contributed by atoms with Crippen LogP contribution in [0.25, 0.3) is 0 Å². The second-order valence-corrected chi connectivity index (χ2v) is 11.0. The van der Waals surface area contributed by atoms with E-state index in [9.17, 15) is 42.4 Å². The molecular weight excluding hydrogens is 590 g/mol. The summed E-state index contributed by atoms with van der Waals surface area (Å²) in [4.78, 5) is 42.8. The molecule has 14 heteroatoms. The molecule has 0 aliphatic heterocycles. The molecule has 42 heavy (non-hydrogen) atoms. The van der Waals surface area contributed by atoms with Crippen molar-refractivity contribution < 1.29 is 111 Å². The molecule has 0 aromatic heterocycles. The summed E-state index contributed by atoms with van der Waals surface area (Å²) in [5.74, 6) is -3.85. The molecule has 0 aromatic carbocycles. The number of esters is 2. The van der Waals surface area contributed by atoms with Crippen molar-refractivity contribution in [3.05, 3.63) is 0 Å². The first kappa shape index (κ1) is 51.4. The molecule has 1 N–H and O–H groups in total. The number of hydrogen-bond acceptors (Lipinski definition) is 10. The molecule has 1 unspecified atom stereocenters. The van der Waals surface area contributed by atoms with Crippen molar-refractivity contribution in [2.45, 2.75) is 142 Å². The number of aliphatic carboxylic acids is 2. The van der Waals surface area contributed by atoms with E-state index in [2.05, 4.69) is 13.8 Å². The van der Waals surface area contributed by atoms with Crippen LogP contribution >= 0.6 is 0 Å². The average Bonchev–Trinajstić information content (AvgIpc) is 2.86. The van der Waals surface area contributed by atoms with Crippen molar-refractivity contribution in [1.29, 1.82) is 0 Å². The van der Waals surface area contributed by atoms with Crippen molar-refractivity contribution in [3.8, 4) is 0 Å². The number of unbranched alkanes of at least 4 members (excludes halogenated alkanes) is 10. The van der Waals surface area contributed by atoms with Gasteiger partial charge in [0.1, 0.15) is 0 Å². The molecule has 0 rings (SSSR count). The molecule has 0 heterocycles. The van der Waals surface area contributed by atoms with E-state index in [-0.39, 0.29) is 85.2 Å². The molecule has 0 saturated carbocycles. The largest absolute Gasteiger partial charge is 1.00 e. The first-order valence-corrected chi connectivity index (χ1v) is 16.1. The number of rotatable bonds is 22. The average molecular weight is 643 g/mol. The molecule has 0 aliphatic rings. The Balaban J connectivity index is -0.000000272. The van der Waals surface area contributed by atoms with Gasteiger partial charge in [-0.15, -0.1) is 0 Å². The van der Waals surface area contributed by atoms with E-state index < -0.39 is 45.7 Å². The number of ether oxygens (including phenoxy) is 2. The van der Waals surface area contributed by atoms with Crippen LogP contribution in [0.2, 0.25) is 0 Å². The Kier molecular flexibility index (Phi) is 45.2. The smallest absolute Gasteiger partial charge is 0.550 e. The topological polar surface area (TPSA) is 187 Å². The van der Waals surface area contributed by atoms with Gasteiger partial charge >= 0.3 is 71.1 Å². The van der Waals surface area contributed by atoms with Crippen LogP contribution in [0.5, 0.6) is 0 Å². The van der Waals surface area contributed by atoms with Crippen molar-refractivity contribution >= 4 is 34.0 Å². The summed E-state index contributed by atoms with van der Waals surface area (Å²) >= 11 is 0. The van der Waals surface area contributed by atoms with Gasteiger partial charge in [-0.2, -0.15) is 8.42 Å². The van der Waals surface area contributed by atoms with Crippen molar-refractivity contribution in [2.24, 2.45) is 0 Å². The van der Waals surface area contributed by atoms with Gasteiger partial charge in [-0.05, 0) is 25.7 Å². The van der Waals surface area contributed by atoms with Crippen LogP contribution in [0.1, 0.15) is 137 Å². The number of hydrogen-bond donors (Lipinski definition) is 1. The molecule has 0 amide bonds. The zero-order valence-electron chi connectivity index (χ0n) is 27.0. The summed E-state index contributed by atoms with van der Waals surface area (Å²) in [5.41, 5.74) is 0. The van der Waals surface area contributed by atoms with Crippen LogP contribution in [0.3, 0.4) is 0 Å². The summed E-state index contributed by atoms with van der Waals surface area (Å²) in [5, 5.41) is 17.1. The summed E-state index contributed by atoms with van der Waals surface area (Å²) < 4.78 is 42.0. The molecule has 0 bridgehead atoms. The molecule has 1 atom stereocenters. The zero-order valence-corrected chi connectivity index (χ0v) is 31.8. The van der Waals surface area contributed by atoms with Crippen LogP contribution in [0.4, 0.5) is 0 Å². The Labute approximate surface area is 298 Å². The van der Waals surface area contributed by atoms with Gasteiger partial charge < -0.3 is 29.3 Å². The molecule has 0 spiro atoms. The first-order valence-electron chi connectivity index (χ1n) is 14.5. The molecule has 0 aromatic rings. The van der Waals surface area contributed by atoms with E-state index in [0.29, 0.717) is 25.7 Å².